The summed E-state index contributed by atoms with van der Waals surface area (Å²) in [5, 5.41) is 0. The highest BCUT2D eigenvalue weighted by molar-refractivity contribution is 14.1. The molecule has 0 aliphatic rings. The minimum atomic E-state index is 0.668. The van der Waals surface area contributed by atoms with Crippen LogP contribution >= 0.6 is 45.5 Å². The first-order valence-corrected chi connectivity index (χ1v) is 4.99. The molecule has 0 spiro atoms. The van der Waals surface area contributed by atoms with E-state index in [0.717, 1.165) is 4.55 Å². The third kappa shape index (κ3) is 5.62. The van der Waals surface area contributed by atoms with Crippen molar-refractivity contribution in [3.8, 4) is 0 Å². The molecular weight excluding hydrogens is 327 g/mol. The van der Waals surface area contributed by atoms with Crippen LogP contribution in [0.2, 0.25) is 5.82 Å². The predicted octanol–water partition coefficient (Wildman–Crippen LogP) is 2.48. The molecule has 1 radical (unpaired) electrons. The van der Waals surface area contributed by atoms with Gasteiger partial charge in [0.15, 0.2) is 0 Å². The van der Waals surface area contributed by atoms with Crippen LogP contribution in [0.4, 0.5) is 0 Å². The molecule has 0 saturated heterocycles. The van der Waals surface area contributed by atoms with E-state index in [-0.39, 0.29) is 0 Å². The van der Waals surface area contributed by atoms with E-state index in [1.807, 2.05) is 0 Å². The second-order valence-electron chi connectivity index (χ2n) is 1.91. The first kappa shape index (κ1) is 9.48. The first-order valence-electron chi connectivity index (χ1n) is 2.50. The van der Waals surface area contributed by atoms with Crippen molar-refractivity contribution in [1.82, 2.24) is 3.02 Å². The zero-order valence-corrected chi connectivity index (χ0v) is 9.38. The number of alkyl halides is 1. The molecule has 0 N–H and O–H groups in total. The Morgan fingerprint density at radius 2 is 2.12 bits per heavy atom. The normalized spacial score (nSPS) is 10.8. The standard InChI is InChI=1S/C4H9BI2N/c1-4(2)5-8(7)3-6/h4H,3H2,1-2H3. The minimum Gasteiger partial charge on any atom is -0.283 e. The van der Waals surface area contributed by atoms with E-state index in [0.29, 0.717) is 5.82 Å². The molecular formula is C4H9BI2N. The van der Waals surface area contributed by atoms with E-state index in [2.05, 4.69) is 69.7 Å². The first-order chi connectivity index (χ1) is 3.66. The molecule has 0 aromatic heterocycles. The molecule has 1 nitrogen and oxygen atoms in total. The van der Waals surface area contributed by atoms with E-state index < -0.39 is 0 Å². The van der Waals surface area contributed by atoms with Crippen molar-refractivity contribution >= 4 is 52.9 Å². The lowest BCUT2D eigenvalue weighted by molar-refractivity contribution is 0.885. The Morgan fingerprint density at radius 1 is 1.62 bits per heavy atom. The summed E-state index contributed by atoms with van der Waals surface area (Å²) < 4.78 is 3.22. The third-order valence-corrected chi connectivity index (χ3v) is 3.28. The minimum absolute atomic E-state index is 0.668. The average molecular weight is 336 g/mol. The summed E-state index contributed by atoms with van der Waals surface area (Å²) in [6.07, 6.45) is 0. The molecule has 0 bridgehead atoms. The lowest BCUT2D eigenvalue weighted by Gasteiger charge is -2.09. The van der Waals surface area contributed by atoms with Gasteiger partial charge in [-0.15, -0.1) is 0 Å². The summed E-state index contributed by atoms with van der Waals surface area (Å²) in [5.74, 6) is 0.668. The van der Waals surface area contributed by atoms with Crippen LogP contribution in [0, 0.1) is 0 Å². The van der Waals surface area contributed by atoms with Gasteiger partial charge in [0.05, 0.1) is 0 Å². The van der Waals surface area contributed by atoms with E-state index in [1.54, 1.807) is 0 Å². The molecule has 0 amide bonds. The Kier molecular flexibility index (Phi) is 6.26. The van der Waals surface area contributed by atoms with Crippen LogP contribution in [-0.2, 0) is 0 Å². The molecule has 0 rings (SSSR count). The fraction of sp³-hybridized carbons (Fsp3) is 1.00. The number of nitrogens with zero attached hydrogens (tertiary/aromatic N) is 1. The van der Waals surface area contributed by atoms with E-state index >= 15 is 0 Å². The number of hydrogen-bond donors (Lipinski definition) is 0. The van der Waals surface area contributed by atoms with Crippen LogP contribution < -0.4 is 0 Å². The fourth-order valence-corrected chi connectivity index (χ4v) is 1.23. The second kappa shape index (κ2) is 5.28. The van der Waals surface area contributed by atoms with Crippen LogP contribution in [0.25, 0.3) is 0 Å². The second-order valence-corrected chi connectivity index (χ2v) is 3.83. The van der Waals surface area contributed by atoms with Gasteiger partial charge in [-0.3, -0.25) is 3.02 Å². The maximum atomic E-state index is 2.33. The largest absolute Gasteiger partial charge is 0.283 e. The van der Waals surface area contributed by atoms with Crippen LogP contribution in [0.5, 0.6) is 0 Å². The molecule has 0 saturated carbocycles. The van der Waals surface area contributed by atoms with Crippen molar-refractivity contribution in [2.45, 2.75) is 19.7 Å². The number of halogens is 2. The lowest BCUT2D eigenvalue weighted by atomic mass is 9.79. The van der Waals surface area contributed by atoms with E-state index in [1.165, 1.54) is 0 Å². The molecule has 0 heterocycles. The van der Waals surface area contributed by atoms with Crippen LogP contribution in [0.1, 0.15) is 13.8 Å². The van der Waals surface area contributed by atoms with Gasteiger partial charge in [0, 0.05) is 27.4 Å². The summed E-state index contributed by atoms with van der Waals surface area (Å²) in [4.78, 5) is 0. The van der Waals surface area contributed by atoms with Gasteiger partial charge in [-0.05, 0) is 0 Å². The van der Waals surface area contributed by atoms with Gasteiger partial charge >= 0.3 is 0 Å². The van der Waals surface area contributed by atoms with Crippen molar-refractivity contribution in [2.24, 2.45) is 0 Å². The highest BCUT2D eigenvalue weighted by Gasteiger charge is 2.02. The summed E-state index contributed by atoms with van der Waals surface area (Å²) in [6, 6.07) is 0. The Balaban J connectivity index is 3.10. The Labute approximate surface area is 79.5 Å². The number of hydrogen-bond acceptors (Lipinski definition) is 1. The maximum Gasteiger partial charge on any atom is 0.225 e. The van der Waals surface area contributed by atoms with E-state index in [4.69, 9.17) is 0 Å². The lowest BCUT2D eigenvalue weighted by Crippen LogP contribution is -2.16. The molecule has 8 heavy (non-hydrogen) atoms. The smallest absolute Gasteiger partial charge is 0.225 e. The SMILES string of the molecule is CC(C)[B]N(I)CI. The highest BCUT2D eigenvalue weighted by atomic mass is 127. The van der Waals surface area contributed by atoms with Crippen LogP contribution in [0.3, 0.4) is 0 Å². The summed E-state index contributed by atoms with van der Waals surface area (Å²) in [7, 11) is 2.20. The highest BCUT2D eigenvalue weighted by Crippen LogP contribution is 2.07. The Hall–Kier alpha value is 1.48. The third-order valence-electron chi connectivity index (χ3n) is 0.574. The van der Waals surface area contributed by atoms with Crippen LogP contribution in [0.15, 0.2) is 0 Å². The van der Waals surface area contributed by atoms with Crippen LogP contribution in [-0.4, -0.2) is 15.0 Å². The molecule has 0 aliphatic carbocycles. The van der Waals surface area contributed by atoms with Gasteiger partial charge in [-0.2, -0.15) is 0 Å². The van der Waals surface area contributed by atoms with Crippen molar-refractivity contribution in [3.63, 3.8) is 0 Å². The van der Waals surface area contributed by atoms with Gasteiger partial charge in [0.1, 0.15) is 0 Å². The molecule has 0 atom stereocenters. The summed E-state index contributed by atoms with van der Waals surface area (Å²) in [6.45, 7) is 4.36. The van der Waals surface area contributed by atoms with E-state index in [9.17, 15) is 0 Å². The molecule has 0 aromatic carbocycles. The molecule has 0 aromatic rings. The Morgan fingerprint density at radius 3 is 2.25 bits per heavy atom. The van der Waals surface area contributed by atoms with Gasteiger partial charge in [0.25, 0.3) is 0 Å². The van der Waals surface area contributed by atoms with Crippen molar-refractivity contribution in [2.75, 3.05) is 4.55 Å². The maximum absolute atomic E-state index is 2.33. The molecule has 0 aliphatic heterocycles. The van der Waals surface area contributed by atoms with Crippen molar-refractivity contribution in [3.05, 3.63) is 0 Å². The van der Waals surface area contributed by atoms with Crippen molar-refractivity contribution < 1.29 is 0 Å². The summed E-state index contributed by atoms with van der Waals surface area (Å²) in [5.41, 5.74) is 0. The summed E-state index contributed by atoms with van der Waals surface area (Å²) >= 11 is 4.62. The number of rotatable bonds is 3. The molecule has 47 valence electrons. The topological polar surface area (TPSA) is 3.24 Å². The Bertz CT molecular complexity index is 60.0. The van der Waals surface area contributed by atoms with Gasteiger partial charge in [-0.25, -0.2) is 0 Å². The molecule has 0 unspecified atom stereocenters. The van der Waals surface area contributed by atoms with Gasteiger partial charge in [0.2, 0.25) is 7.41 Å². The van der Waals surface area contributed by atoms with Gasteiger partial charge < -0.3 is 0 Å². The molecule has 0 fully saturated rings. The molecule has 4 heteroatoms. The quantitative estimate of drug-likeness (QED) is 0.252. The van der Waals surface area contributed by atoms with Gasteiger partial charge in [-0.1, -0.05) is 42.3 Å². The predicted molar refractivity (Wildman–Crippen MR) is 55.6 cm³/mol. The monoisotopic (exact) mass is 336 g/mol. The zero-order valence-electron chi connectivity index (χ0n) is 5.06. The average Bonchev–Trinajstić information content (AvgIpc) is 1.65. The zero-order chi connectivity index (χ0) is 6.57. The van der Waals surface area contributed by atoms with Crippen molar-refractivity contribution in [1.29, 1.82) is 0 Å². The fourth-order valence-electron chi connectivity index (χ4n) is 0.363.